The minimum absolute atomic E-state index is 0. The Labute approximate surface area is 112 Å². The van der Waals surface area contributed by atoms with Crippen molar-refractivity contribution in [3.63, 3.8) is 0 Å². The van der Waals surface area contributed by atoms with Crippen LogP contribution in [0.2, 0.25) is 10.0 Å². The predicted molar refractivity (Wildman–Crippen MR) is 71.7 cm³/mol. The van der Waals surface area contributed by atoms with E-state index in [1.54, 1.807) is 0 Å². The molecular formula is C11H16Cl3NO. The highest BCUT2D eigenvalue weighted by Gasteiger charge is 2.08. The summed E-state index contributed by atoms with van der Waals surface area (Å²) in [7, 11) is 0. The highest BCUT2D eigenvalue weighted by molar-refractivity contribution is 6.35. The first-order valence-corrected chi connectivity index (χ1v) is 5.71. The third kappa shape index (κ3) is 4.48. The van der Waals surface area contributed by atoms with E-state index in [0.717, 1.165) is 12.0 Å². The molecule has 0 aliphatic rings. The van der Waals surface area contributed by atoms with E-state index in [-0.39, 0.29) is 25.1 Å². The molecule has 2 N–H and O–H groups in total. The summed E-state index contributed by atoms with van der Waals surface area (Å²) in [6, 6.07) is 5.53. The van der Waals surface area contributed by atoms with Crippen LogP contribution in [0.4, 0.5) is 0 Å². The Morgan fingerprint density at radius 2 is 1.88 bits per heavy atom. The smallest absolute Gasteiger partial charge is 0.0584 e. The van der Waals surface area contributed by atoms with Crippen LogP contribution in [0, 0.1) is 0 Å². The molecule has 0 fully saturated rings. The van der Waals surface area contributed by atoms with Crippen LogP contribution in [0.1, 0.15) is 18.9 Å². The average molecular weight is 285 g/mol. The number of aliphatic hydroxyl groups excluding tert-OH is 1. The lowest BCUT2D eigenvalue weighted by Crippen LogP contribution is -2.31. The summed E-state index contributed by atoms with van der Waals surface area (Å²) >= 11 is 12.0. The van der Waals surface area contributed by atoms with Crippen LogP contribution < -0.4 is 5.32 Å². The van der Waals surface area contributed by atoms with E-state index < -0.39 is 0 Å². The van der Waals surface area contributed by atoms with Crippen molar-refractivity contribution in [3.05, 3.63) is 33.8 Å². The fourth-order valence-electron chi connectivity index (χ4n) is 1.29. The topological polar surface area (TPSA) is 32.3 Å². The second kappa shape index (κ2) is 8.15. The van der Waals surface area contributed by atoms with Gasteiger partial charge in [0.15, 0.2) is 0 Å². The van der Waals surface area contributed by atoms with E-state index in [4.69, 9.17) is 28.3 Å². The molecule has 1 unspecified atom stereocenters. The Morgan fingerprint density at radius 3 is 2.31 bits per heavy atom. The molecule has 2 nitrogen and oxygen atoms in total. The number of nitrogens with one attached hydrogen (secondary N) is 1. The van der Waals surface area contributed by atoms with E-state index in [1.165, 1.54) is 0 Å². The Bertz CT molecular complexity index is 296. The minimum Gasteiger partial charge on any atom is -0.395 e. The molecule has 0 saturated heterocycles. The molecular weight excluding hydrogens is 268 g/mol. The summed E-state index contributed by atoms with van der Waals surface area (Å²) in [5, 5.41) is 13.5. The van der Waals surface area contributed by atoms with E-state index in [9.17, 15) is 0 Å². The molecule has 0 bridgehead atoms. The molecule has 1 aromatic rings. The fraction of sp³-hybridized carbons (Fsp3) is 0.455. The Hall–Kier alpha value is 0.01000. The van der Waals surface area contributed by atoms with E-state index >= 15 is 0 Å². The van der Waals surface area contributed by atoms with Crippen molar-refractivity contribution in [3.8, 4) is 0 Å². The van der Waals surface area contributed by atoms with Crippen LogP contribution in [0.25, 0.3) is 0 Å². The monoisotopic (exact) mass is 283 g/mol. The molecule has 92 valence electrons. The van der Waals surface area contributed by atoms with Gasteiger partial charge in [0.05, 0.1) is 6.61 Å². The van der Waals surface area contributed by atoms with Gasteiger partial charge in [0.1, 0.15) is 0 Å². The fourth-order valence-corrected chi connectivity index (χ4v) is 1.82. The first kappa shape index (κ1) is 16.0. The zero-order valence-electron chi connectivity index (χ0n) is 9.04. The van der Waals surface area contributed by atoms with Gasteiger partial charge in [-0.1, -0.05) is 36.2 Å². The predicted octanol–water partition coefficient (Wildman–Crippen LogP) is 3.28. The van der Waals surface area contributed by atoms with Crippen molar-refractivity contribution in [2.24, 2.45) is 0 Å². The van der Waals surface area contributed by atoms with Crippen LogP contribution in [0.15, 0.2) is 18.2 Å². The number of aliphatic hydroxyl groups is 1. The number of hydrogen-bond donors (Lipinski definition) is 2. The van der Waals surface area contributed by atoms with Crippen molar-refractivity contribution >= 4 is 35.6 Å². The molecule has 16 heavy (non-hydrogen) atoms. The van der Waals surface area contributed by atoms with Crippen molar-refractivity contribution in [1.82, 2.24) is 5.32 Å². The normalized spacial score (nSPS) is 12.0. The maximum Gasteiger partial charge on any atom is 0.0584 e. The quantitative estimate of drug-likeness (QED) is 0.870. The Balaban J connectivity index is 0.00000225. The molecule has 0 aliphatic heterocycles. The number of rotatable bonds is 5. The second-order valence-electron chi connectivity index (χ2n) is 3.37. The third-order valence-electron chi connectivity index (χ3n) is 2.34. The first-order valence-electron chi connectivity index (χ1n) is 4.96. The van der Waals surface area contributed by atoms with Gasteiger partial charge in [0.2, 0.25) is 0 Å². The molecule has 1 atom stereocenters. The number of halogens is 3. The minimum atomic E-state index is 0. The summed E-state index contributed by atoms with van der Waals surface area (Å²) in [6.07, 6.45) is 0.874. The van der Waals surface area contributed by atoms with Gasteiger partial charge >= 0.3 is 0 Å². The highest BCUT2D eigenvalue weighted by Crippen LogP contribution is 2.23. The van der Waals surface area contributed by atoms with Crippen LogP contribution in [-0.4, -0.2) is 17.8 Å². The maximum atomic E-state index is 9.01. The molecule has 0 aliphatic carbocycles. The average Bonchev–Trinajstić information content (AvgIpc) is 2.23. The van der Waals surface area contributed by atoms with Crippen LogP contribution >= 0.6 is 35.6 Å². The van der Waals surface area contributed by atoms with Gasteiger partial charge in [-0.2, -0.15) is 0 Å². The van der Waals surface area contributed by atoms with Gasteiger partial charge < -0.3 is 10.4 Å². The first-order chi connectivity index (χ1) is 7.19. The maximum absolute atomic E-state index is 9.01. The lowest BCUT2D eigenvalue weighted by Gasteiger charge is -2.15. The molecule has 0 saturated carbocycles. The molecule has 0 aromatic heterocycles. The molecule has 0 heterocycles. The van der Waals surface area contributed by atoms with Gasteiger partial charge in [0.25, 0.3) is 0 Å². The van der Waals surface area contributed by atoms with Crippen LogP contribution in [-0.2, 0) is 6.54 Å². The molecule has 1 rings (SSSR count). The molecule has 0 amide bonds. The highest BCUT2D eigenvalue weighted by atomic mass is 35.5. The van der Waals surface area contributed by atoms with Gasteiger partial charge in [-0.3, -0.25) is 0 Å². The van der Waals surface area contributed by atoms with E-state index in [0.29, 0.717) is 16.6 Å². The van der Waals surface area contributed by atoms with Gasteiger partial charge in [0, 0.05) is 28.2 Å². The molecule has 0 radical (unpaired) electrons. The number of benzene rings is 1. The van der Waals surface area contributed by atoms with E-state index in [2.05, 4.69) is 5.32 Å². The third-order valence-corrected chi connectivity index (χ3v) is 3.05. The molecule has 1 aromatic carbocycles. The zero-order chi connectivity index (χ0) is 11.3. The number of hydrogen-bond acceptors (Lipinski definition) is 2. The summed E-state index contributed by atoms with van der Waals surface area (Å²) in [4.78, 5) is 0. The lowest BCUT2D eigenvalue weighted by molar-refractivity contribution is 0.238. The van der Waals surface area contributed by atoms with Crippen molar-refractivity contribution in [2.45, 2.75) is 25.9 Å². The molecule has 0 spiro atoms. The Morgan fingerprint density at radius 1 is 1.31 bits per heavy atom. The Kier molecular flexibility index (Phi) is 8.16. The van der Waals surface area contributed by atoms with Gasteiger partial charge in [-0.05, 0) is 18.6 Å². The standard InChI is InChI=1S/C11H15Cl2NO.ClH/c1-2-8(7-15)14-6-9-10(12)4-3-5-11(9)13;/h3-5,8,14-15H,2,6-7H2,1H3;1H. The summed E-state index contributed by atoms with van der Waals surface area (Å²) in [5.74, 6) is 0. The second-order valence-corrected chi connectivity index (χ2v) is 4.18. The lowest BCUT2D eigenvalue weighted by atomic mass is 10.2. The molecule has 5 heteroatoms. The van der Waals surface area contributed by atoms with E-state index in [1.807, 2.05) is 25.1 Å². The SMILES string of the molecule is CCC(CO)NCc1c(Cl)cccc1Cl.Cl. The van der Waals surface area contributed by atoms with Crippen molar-refractivity contribution in [1.29, 1.82) is 0 Å². The van der Waals surface area contributed by atoms with Crippen molar-refractivity contribution in [2.75, 3.05) is 6.61 Å². The summed E-state index contributed by atoms with van der Waals surface area (Å²) in [5.41, 5.74) is 0.882. The summed E-state index contributed by atoms with van der Waals surface area (Å²) in [6.45, 7) is 2.72. The zero-order valence-corrected chi connectivity index (χ0v) is 11.4. The van der Waals surface area contributed by atoms with Crippen LogP contribution in [0.5, 0.6) is 0 Å². The van der Waals surface area contributed by atoms with Gasteiger partial charge in [-0.25, -0.2) is 0 Å². The van der Waals surface area contributed by atoms with Crippen molar-refractivity contribution < 1.29 is 5.11 Å². The van der Waals surface area contributed by atoms with Crippen LogP contribution in [0.3, 0.4) is 0 Å². The summed E-state index contributed by atoms with van der Waals surface area (Å²) < 4.78 is 0. The largest absolute Gasteiger partial charge is 0.395 e. The van der Waals surface area contributed by atoms with Gasteiger partial charge in [-0.15, -0.1) is 12.4 Å².